The van der Waals surface area contributed by atoms with E-state index in [9.17, 15) is 24.9 Å². The van der Waals surface area contributed by atoms with Crippen molar-refractivity contribution in [2.24, 2.45) is 5.92 Å². The van der Waals surface area contributed by atoms with Gasteiger partial charge in [-0.3, -0.25) is 9.59 Å². The first-order chi connectivity index (χ1) is 15.0. The first kappa shape index (κ1) is 23.9. The fraction of sp³-hybridized carbons (Fsp3) is 0.667. The Morgan fingerprint density at radius 1 is 0.935 bits per heavy atom. The summed E-state index contributed by atoms with van der Waals surface area (Å²) in [6.45, 7) is 1.98. The smallest absolute Gasteiger partial charge is 0.276 e. The van der Waals surface area contributed by atoms with Gasteiger partial charge in [-0.05, 0) is 24.5 Å². The van der Waals surface area contributed by atoms with Gasteiger partial charge >= 0.3 is 0 Å². The van der Waals surface area contributed by atoms with Crippen LogP contribution in [0.1, 0.15) is 84.6 Å². The number of hydrogen-bond acceptors (Lipinski definition) is 6. The molecule has 1 saturated heterocycles. The van der Waals surface area contributed by atoms with E-state index in [4.69, 9.17) is 0 Å². The van der Waals surface area contributed by atoms with E-state index in [0.29, 0.717) is 11.1 Å². The number of imide groups is 1. The van der Waals surface area contributed by atoms with Gasteiger partial charge in [-0.2, -0.15) is 0 Å². The quantitative estimate of drug-likeness (QED) is 0.367. The molecule has 2 aliphatic rings. The number of hydrazine groups is 1. The van der Waals surface area contributed by atoms with Gasteiger partial charge < -0.3 is 15.3 Å². The number of carbonyl (C=O) groups is 2. The van der Waals surface area contributed by atoms with Crippen molar-refractivity contribution >= 4 is 11.8 Å². The lowest BCUT2D eigenvalue weighted by atomic mass is 9.94. The summed E-state index contributed by atoms with van der Waals surface area (Å²) in [5, 5.41) is 32.2. The normalized spacial score (nSPS) is 24.1. The van der Waals surface area contributed by atoms with Crippen molar-refractivity contribution in [3.8, 4) is 0 Å². The summed E-state index contributed by atoms with van der Waals surface area (Å²) in [6, 6.07) is 5.41. The summed E-state index contributed by atoms with van der Waals surface area (Å²) in [7, 11) is 0. The molecule has 0 bridgehead atoms. The van der Waals surface area contributed by atoms with Crippen LogP contribution >= 0.6 is 0 Å². The van der Waals surface area contributed by atoms with Crippen molar-refractivity contribution in [3.63, 3.8) is 0 Å². The van der Waals surface area contributed by atoms with E-state index in [1.54, 1.807) is 6.07 Å². The van der Waals surface area contributed by atoms with Crippen molar-refractivity contribution in [1.82, 2.24) is 10.0 Å². The zero-order chi connectivity index (χ0) is 22.4. The second kappa shape index (κ2) is 11.2. The highest BCUT2D eigenvalue weighted by molar-refractivity contribution is 6.21. The molecule has 0 aromatic heterocycles. The molecular weight excluding hydrogens is 396 g/mol. The zero-order valence-electron chi connectivity index (χ0n) is 18.5. The highest BCUT2D eigenvalue weighted by atomic mass is 16.3. The van der Waals surface area contributed by atoms with E-state index >= 15 is 0 Å². The van der Waals surface area contributed by atoms with Crippen LogP contribution in [0.5, 0.6) is 0 Å². The van der Waals surface area contributed by atoms with Gasteiger partial charge in [-0.15, -0.1) is 0 Å². The third-order valence-corrected chi connectivity index (χ3v) is 6.52. The molecular formula is C24H36N2O5. The Kier molecular flexibility index (Phi) is 8.60. The van der Waals surface area contributed by atoms with Gasteiger partial charge in [0.25, 0.3) is 11.8 Å². The largest absolute Gasteiger partial charge is 0.396 e. The molecule has 7 heteroatoms. The van der Waals surface area contributed by atoms with E-state index < -0.39 is 24.0 Å². The number of fused-ring (bicyclic) bond motifs is 1. The molecule has 0 radical (unpaired) electrons. The predicted molar refractivity (Wildman–Crippen MR) is 117 cm³/mol. The minimum atomic E-state index is -1.13. The van der Waals surface area contributed by atoms with E-state index in [1.165, 1.54) is 43.5 Å². The highest BCUT2D eigenvalue weighted by Crippen LogP contribution is 2.31. The van der Waals surface area contributed by atoms with E-state index in [-0.39, 0.29) is 25.6 Å². The predicted octanol–water partition coefficient (Wildman–Crippen LogP) is 2.53. The number of β-amino-alcohol motifs (C(OH)–C–C–N with tert-alkyl or cyclic N) is 1. The van der Waals surface area contributed by atoms with Gasteiger partial charge in [-0.1, -0.05) is 64.0 Å². The maximum absolute atomic E-state index is 13.2. The summed E-state index contributed by atoms with van der Waals surface area (Å²) in [4.78, 5) is 26.2. The molecule has 2 aliphatic heterocycles. The Hall–Kier alpha value is -1.80. The number of hydrogen-bond donors (Lipinski definition) is 3. The third kappa shape index (κ3) is 5.34. The monoisotopic (exact) mass is 432 g/mol. The second-order valence-corrected chi connectivity index (χ2v) is 8.86. The third-order valence-electron chi connectivity index (χ3n) is 6.52. The van der Waals surface area contributed by atoms with Crippen LogP contribution in [0.2, 0.25) is 0 Å². The molecule has 3 N–H and O–H groups in total. The molecule has 3 atom stereocenters. The summed E-state index contributed by atoms with van der Waals surface area (Å²) in [5.41, 5.74) is 1.74. The van der Waals surface area contributed by atoms with Gasteiger partial charge in [0, 0.05) is 25.6 Å². The Balaban J connectivity index is 1.62. The van der Waals surface area contributed by atoms with Crippen LogP contribution in [0.25, 0.3) is 0 Å². The Labute approximate surface area is 184 Å². The molecule has 1 fully saturated rings. The van der Waals surface area contributed by atoms with Gasteiger partial charge in [0.2, 0.25) is 0 Å². The fourth-order valence-electron chi connectivity index (χ4n) is 4.68. The Morgan fingerprint density at radius 2 is 1.61 bits per heavy atom. The Morgan fingerprint density at radius 3 is 2.29 bits per heavy atom. The van der Waals surface area contributed by atoms with Crippen LogP contribution in [-0.2, 0) is 6.42 Å². The second-order valence-electron chi connectivity index (χ2n) is 8.86. The molecule has 2 amide bonds. The van der Waals surface area contributed by atoms with Gasteiger partial charge in [-0.25, -0.2) is 10.0 Å². The molecule has 0 saturated carbocycles. The van der Waals surface area contributed by atoms with Gasteiger partial charge in [0.05, 0.1) is 23.3 Å². The summed E-state index contributed by atoms with van der Waals surface area (Å²) in [5.74, 6) is -1.40. The molecule has 0 aliphatic carbocycles. The van der Waals surface area contributed by atoms with Crippen LogP contribution in [0.15, 0.2) is 18.2 Å². The summed E-state index contributed by atoms with van der Waals surface area (Å²) >= 11 is 0. The lowest BCUT2D eigenvalue weighted by Crippen LogP contribution is -2.60. The number of aryl methyl sites for hydroxylation is 1. The minimum Gasteiger partial charge on any atom is -0.396 e. The number of amides is 2. The van der Waals surface area contributed by atoms with Gasteiger partial charge in [0.15, 0.2) is 0 Å². The average Bonchev–Trinajstić information content (AvgIpc) is 3.02. The van der Waals surface area contributed by atoms with Crippen molar-refractivity contribution in [2.45, 2.75) is 76.9 Å². The number of aliphatic hydroxyl groups is 3. The van der Waals surface area contributed by atoms with Crippen LogP contribution < -0.4 is 0 Å². The maximum Gasteiger partial charge on any atom is 0.276 e. The number of aliphatic hydroxyl groups excluding tert-OH is 3. The van der Waals surface area contributed by atoms with Crippen molar-refractivity contribution in [3.05, 3.63) is 34.9 Å². The van der Waals surface area contributed by atoms with E-state index in [2.05, 4.69) is 6.92 Å². The lowest BCUT2D eigenvalue weighted by Gasteiger charge is -2.41. The summed E-state index contributed by atoms with van der Waals surface area (Å²) < 4.78 is 0. The molecule has 172 valence electrons. The van der Waals surface area contributed by atoms with Crippen LogP contribution in [0.3, 0.4) is 0 Å². The standard InChI is InChI=1S/C24H36N2O5/c1-2-3-4-5-6-7-8-9-11-17-12-10-13-19-21(17)24(31)26(23(19)30)25-14-18(16-27)22(29)20(28)15-25/h10,12-13,18,20,22,27-29H,2-9,11,14-16H2,1H3/t18-,20-,22-/m1/s1. The number of rotatable bonds is 11. The molecule has 1 aromatic carbocycles. The first-order valence-electron chi connectivity index (χ1n) is 11.7. The SMILES string of the molecule is CCCCCCCCCCc1cccc2c1C(=O)N(N1C[C@H](CO)[C@@H](O)[C@H](O)C1)C2=O. The van der Waals surface area contributed by atoms with Crippen molar-refractivity contribution in [2.75, 3.05) is 19.7 Å². The molecule has 2 heterocycles. The average molecular weight is 433 g/mol. The minimum absolute atomic E-state index is 0.0313. The van der Waals surface area contributed by atoms with Gasteiger partial charge in [0.1, 0.15) is 0 Å². The van der Waals surface area contributed by atoms with Crippen LogP contribution in [0, 0.1) is 5.92 Å². The van der Waals surface area contributed by atoms with Crippen molar-refractivity contribution in [1.29, 1.82) is 0 Å². The summed E-state index contributed by atoms with van der Waals surface area (Å²) in [6.07, 6.45) is 8.20. The van der Waals surface area contributed by atoms with E-state index in [1.807, 2.05) is 12.1 Å². The topological polar surface area (TPSA) is 101 Å². The molecule has 0 unspecified atom stereocenters. The zero-order valence-corrected chi connectivity index (χ0v) is 18.5. The van der Waals surface area contributed by atoms with Crippen molar-refractivity contribution < 1.29 is 24.9 Å². The number of piperidine rings is 1. The number of unbranched alkanes of at least 4 members (excludes halogenated alkanes) is 7. The maximum atomic E-state index is 13.2. The highest BCUT2D eigenvalue weighted by Gasteiger charge is 2.45. The molecule has 3 rings (SSSR count). The molecule has 0 spiro atoms. The first-order valence-corrected chi connectivity index (χ1v) is 11.7. The Bertz CT molecular complexity index is 768. The number of carbonyl (C=O) groups excluding carboxylic acids is 2. The number of benzene rings is 1. The molecule has 31 heavy (non-hydrogen) atoms. The van der Waals surface area contributed by atoms with Crippen LogP contribution in [0.4, 0.5) is 0 Å². The lowest BCUT2D eigenvalue weighted by molar-refractivity contribution is -0.124. The molecule has 1 aromatic rings. The van der Waals surface area contributed by atoms with Crippen LogP contribution in [-0.4, -0.2) is 69.1 Å². The number of nitrogens with zero attached hydrogens (tertiary/aromatic N) is 2. The van der Waals surface area contributed by atoms with E-state index in [0.717, 1.165) is 29.8 Å². The molecule has 7 nitrogen and oxygen atoms in total. The fourth-order valence-corrected chi connectivity index (χ4v) is 4.68.